The molecule has 1 fully saturated rings. The van der Waals surface area contributed by atoms with Crippen molar-refractivity contribution >= 4 is 17.8 Å². The van der Waals surface area contributed by atoms with Gasteiger partial charge in [-0.1, -0.05) is 24.6 Å². The summed E-state index contributed by atoms with van der Waals surface area (Å²) in [6, 6.07) is -0.278. The van der Waals surface area contributed by atoms with Gasteiger partial charge in [0.05, 0.1) is 12.6 Å². The van der Waals surface area contributed by atoms with Crippen LogP contribution in [0.25, 0.3) is 0 Å². The van der Waals surface area contributed by atoms with Gasteiger partial charge in [0, 0.05) is 36.0 Å². The average molecular weight is 526 g/mol. The van der Waals surface area contributed by atoms with Crippen LogP contribution in [0.15, 0.2) is 46.7 Å². The van der Waals surface area contributed by atoms with Gasteiger partial charge in [0.1, 0.15) is 0 Å². The number of primary amides is 1. The maximum absolute atomic E-state index is 12.9. The molecule has 2 aliphatic rings. The second-order valence-corrected chi connectivity index (χ2v) is 9.84. The zero-order chi connectivity index (χ0) is 27.8. The lowest BCUT2D eigenvalue weighted by Gasteiger charge is -2.43. The molecule has 0 spiro atoms. The Hall–Kier alpha value is -3.08. The normalized spacial score (nSPS) is 19.2. The monoisotopic (exact) mass is 525 g/mol. The van der Waals surface area contributed by atoms with Gasteiger partial charge in [-0.15, -0.1) is 0 Å². The van der Waals surface area contributed by atoms with E-state index in [4.69, 9.17) is 5.73 Å². The lowest BCUT2D eigenvalue weighted by molar-refractivity contribution is -0.125. The Morgan fingerprint density at radius 2 is 1.84 bits per heavy atom. The molecule has 206 valence electrons. The molecule has 0 bridgehead atoms. The molecule has 1 aliphatic carbocycles. The molecular weight excluding hydrogens is 487 g/mol. The molecule has 2 rings (SSSR count). The first-order valence-electron chi connectivity index (χ1n) is 12.5. The Balaban J connectivity index is 1.68. The van der Waals surface area contributed by atoms with Crippen LogP contribution in [0, 0.1) is 5.92 Å². The number of nitrogens with zero attached hydrogens (tertiary/aromatic N) is 1. The first-order chi connectivity index (χ1) is 17.3. The number of hydrogen-bond donors (Lipinski definition) is 4. The summed E-state index contributed by atoms with van der Waals surface area (Å²) >= 11 is 0. The highest BCUT2D eigenvalue weighted by Gasteiger charge is 2.35. The fourth-order valence-electron chi connectivity index (χ4n) is 4.15. The summed E-state index contributed by atoms with van der Waals surface area (Å²) in [6.45, 7) is 9.23. The van der Waals surface area contributed by atoms with E-state index < -0.39 is 23.7 Å². The number of hydrogen-bond acceptors (Lipinski definition) is 4. The molecule has 0 aromatic heterocycles. The van der Waals surface area contributed by atoms with Crippen molar-refractivity contribution in [2.45, 2.75) is 71.6 Å². The minimum atomic E-state index is -4.46. The predicted octanol–water partition coefficient (Wildman–Crippen LogP) is 3.44. The lowest BCUT2D eigenvalue weighted by atomic mass is 9.93. The second-order valence-electron chi connectivity index (χ2n) is 9.84. The van der Waals surface area contributed by atoms with Crippen molar-refractivity contribution in [2.75, 3.05) is 19.6 Å². The van der Waals surface area contributed by atoms with Gasteiger partial charge in [-0.3, -0.25) is 14.5 Å². The largest absolute Gasteiger partial charge is 0.412 e. The molecule has 0 saturated carbocycles. The van der Waals surface area contributed by atoms with Crippen LogP contribution in [0.3, 0.4) is 0 Å². The molecule has 2 unspecified atom stereocenters. The minimum Gasteiger partial charge on any atom is -0.351 e. The predicted molar refractivity (Wildman–Crippen MR) is 136 cm³/mol. The third-order valence-electron chi connectivity index (χ3n) is 6.75. The zero-order valence-electron chi connectivity index (χ0n) is 21.9. The van der Waals surface area contributed by atoms with E-state index in [1.54, 1.807) is 6.92 Å². The molecule has 0 aromatic carbocycles. The molecule has 5 N–H and O–H groups in total. The summed E-state index contributed by atoms with van der Waals surface area (Å²) in [6.07, 6.45) is 3.59. The topological polar surface area (TPSA) is 117 Å². The molecular formula is C26H38F3N5O3. The van der Waals surface area contributed by atoms with Crippen molar-refractivity contribution in [1.29, 1.82) is 0 Å². The molecule has 8 nitrogen and oxygen atoms in total. The summed E-state index contributed by atoms with van der Waals surface area (Å²) in [4.78, 5) is 37.5. The van der Waals surface area contributed by atoms with E-state index in [0.29, 0.717) is 30.7 Å². The van der Waals surface area contributed by atoms with Crippen molar-refractivity contribution in [1.82, 2.24) is 20.9 Å². The van der Waals surface area contributed by atoms with Crippen LogP contribution in [0.5, 0.6) is 0 Å². The molecule has 1 heterocycles. The maximum atomic E-state index is 12.9. The Labute approximate surface area is 216 Å². The highest BCUT2D eigenvalue weighted by molar-refractivity contribution is 5.98. The summed E-state index contributed by atoms with van der Waals surface area (Å²) in [7, 11) is 0. The number of amides is 4. The lowest BCUT2D eigenvalue weighted by Crippen LogP contribution is -2.62. The molecule has 1 aliphatic heterocycles. The van der Waals surface area contributed by atoms with Gasteiger partial charge < -0.3 is 21.7 Å². The van der Waals surface area contributed by atoms with E-state index in [0.717, 1.165) is 18.9 Å². The molecule has 11 heteroatoms. The number of likely N-dealkylation sites (tertiary alicyclic amines) is 1. The van der Waals surface area contributed by atoms with E-state index in [1.165, 1.54) is 11.6 Å². The number of nitrogens with one attached hydrogen (secondary N) is 3. The molecule has 2 atom stereocenters. The van der Waals surface area contributed by atoms with E-state index in [-0.39, 0.29) is 36.9 Å². The highest BCUT2D eigenvalue weighted by atomic mass is 19.4. The third-order valence-corrected chi connectivity index (χ3v) is 6.75. The number of rotatable bonds is 11. The van der Waals surface area contributed by atoms with Crippen LogP contribution < -0.4 is 21.7 Å². The number of urea groups is 1. The fourth-order valence-corrected chi connectivity index (χ4v) is 4.15. The number of allylic oxidation sites excluding steroid dienone is 6. The maximum Gasteiger partial charge on any atom is 0.412 e. The van der Waals surface area contributed by atoms with Gasteiger partial charge in [-0.2, -0.15) is 13.2 Å². The van der Waals surface area contributed by atoms with Crippen LogP contribution >= 0.6 is 0 Å². The van der Waals surface area contributed by atoms with Crippen LogP contribution in [0.1, 0.15) is 53.4 Å². The number of carbonyl (C=O) groups is 3. The Kier molecular flexibility index (Phi) is 11.0. The highest BCUT2D eigenvalue weighted by Crippen LogP contribution is 2.32. The van der Waals surface area contributed by atoms with Crippen LogP contribution in [0.4, 0.5) is 18.0 Å². The SMILES string of the molecule is C/C(=C\C=C(/C)C(C)CCC(C)N1CC(NC(=O)CNC(=O)C2=CCCC(C(F)(F)F)=C2)C1)NC(N)=O. The number of halogens is 3. The van der Waals surface area contributed by atoms with Crippen LogP contribution in [-0.4, -0.2) is 60.6 Å². The molecule has 4 amide bonds. The van der Waals surface area contributed by atoms with E-state index in [2.05, 4.69) is 34.7 Å². The number of carbonyl (C=O) groups excluding carboxylic acids is 3. The summed E-state index contributed by atoms with van der Waals surface area (Å²) in [5, 5.41) is 7.78. The summed E-state index contributed by atoms with van der Waals surface area (Å²) < 4.78 is 38.6. The Morgan fingerprint density at radius 3 is 2.46 bits per heavy atom. The van der Waals surface area contributed by atoms with Crippen LogP contribution in [0.2, 0.25) is 0 Å². The average Bonchev–Trinajstić information content (AvgIpc) is 2.80. The molecule has 0 aromatic rings. The van der Waals surface area contributed by atoms with Gasteiger partial charge in [-0.05, 0) is 64.5 Å². The number of nitrogens with two attached hydrogens (primary N) is 1. The molecule has 37 heavy (non-hydrogen) atoms. The standard InChI is InChI=1S/C26H38F3N5O3/c1-16(8-10-18(3)32-25(30)37)17(2)9-11-19(4)34-14-22(15-34)33-23(35)13-31-24(36)20-6-5-7-21(12-20)26(27,28)29/h6,8,10,12,17,19,22H,5,7,9,11,13-15H2,1-4H3,(H,31,36)(H,33,35)(H3,30,32,37)/b16-8+,18-10+. The fraction of sp³-hybridized carbons (Fsp3) is 0.577. The quantitative estimate of drug-likeness (QED) is 0.309. The van der Waals surface area contributed by atoms with Gasteiger partial charge in [0.25, 0.3) is 5.91 Å². The molecule has 1 saturated heterocycles. The minimum absolute atomic E-state index is 0.0256. The van der Waals surface area contributed by atoms with Gasteiger partial charge in [-0.25, -0.2) is 4.79 Å². The van der Waals surface area contributed by atoms with Gasteiger partial charge in [0.2, 0.25) is 5.91 Å². The second kappa shape index (κ2) is 13.5. The van der Waals surface area contributed by atoms with Crippen molar-refractivity contribution in [3.05, 3.63) is 46.7 Å². The molecule has 0 radical (unpaired) electrons. The van der Waals surface area contributed by atoms with E-state index >= 15 is 0 Å². The number of alkyl halides is 3. The van der Waals surface area contributed by atoms with E-state index in [1.807, 2.05) is 19.1 Å². The summed E-state index contributed by atoms with van der Waals surface area (Å²) in [5.74, 6) is -0.693. The third kappa shape index (κ3) is 10.1. The first-order valence-corrected chi connectivity index (χ1v) is 12.5. The van der Waals surface area contributed by atoms with Crippen LogP contribution in [-0.2, 0) is 9.59 Å². The van der Waals surface area contributed by atoms with Gasteiger partial charge >= 0.3 is 12.2 Å². The smallest absolute Gasteiger partial charge is 0.351 e. The van der Waals surface area contributed by atoms with Crippen molar-refractivity contribution in [2.24, 2.45) is 11.7 Å². The van der Waals surface area contributed by atoms with Gasteiger partial charge in [0.15, 0.2) is 0 Å². The van der Waals surface area contributed by atoms with E-state index in [9.17, 15) is 27.6 Å². The first kappa shape index (κ1) is 30.1. The van der Waals surface area contributed by atoms with Crippen molar-refractivity contribution < 1.29 is 27.6 Å². The van der Waals surface area contributed by atoms with Crippen molar-refractivity contribution in [3.8, 4) is 0 Å². The van der Waals surface area contributed by atoms with Crippen molar-refractivity contribution in [3.63, 3.8) is 0 Å². The summed E-state index contributed by atoms with van der Waals surface area (Å²) in [5.41, 5.74) is 6.18. The zero-order valence-corrected chi connectivity index (χ0v) is 21.9. The Morgan fingerprint density at radius 1 is 1.16 bits per heavy atom. The Bertz CT molecular complexity index is 978.